The molecular formula is C48H90O14. The lowest BCUT2D eigenvalue weighted by molar-refractivity contribution is -0.266. The molecule has 0 aliphatic rings. The topological polar surface area (TPSA) is 227 Å². The molecule has 6 N–H and O–H groups in total. The molecule has 62 heavy (non-hydrogen) atoms. The van der Waals surface area contributed by atoms with E-state index < -0.39 is 66.9 Å². The Kier molecular flexibility index (Phi) is 41.0. The normalized spacial score (nSPS) is 14.4. The summed E-state index contributed by atoms with van der Waals surface area (Å²) in [6, 6.07) is 0. The third kappa shape index (κ3) is 34.1. The first kappa shape index (κ1) is 59.6. The molecule has 0 aliphatic heterocycles. The third-order valence-electron chi connectivity index (χ3n) is 11.7. The van der Waals surface area contributed by atoms with E-state index in [0.29, 0.717) is 12.8 Å². The Morgan fingerprint density at radius 3 is 0.952 bits per heavy atom. The van der Waals surface area contributed by atoms with Gasteiger partial charge in [0.2, 0.25) is 0 Å². The quantitative estimate of drug-likeness (QED) is 0.0191. The van der Waals surface area contributed by atoms with Gasteiger partial charge in [-0.3, -0.25) is 0 Å². The number of carbonyl (C=O) groups is 4. The van der Waals surface area contributed by atoms with Gasteiger partial charge in [-0.25, -0.2) is 38.7 Å². The molecule has 14 heteroatoms. The summed E-state index contributed by atoms with van der Waals surface area (Å²) in [5, 5.41) is 60.5. The van der Waals surface area contributed by atoms with Gasteiger partial charge in [0.1, 0.15) is 24.4 Å². The number of unbranched alkanes of at least 4 members (excludes halogenated alkanes) is 28. The number of hydrogen-bond acceptors (Lipinski definition) is 14. The molecule has 0 aromatic heterocycles. The van der Waals surface area contributed by atoms with Gasteiger partial charge in [0.25, 0.3) is 0 Å². The zero-order valence-electron chi connectivity index (χ0n) is 38.9. The summed E-state index contributed by atoms with van der Waals surface area (Å²) in [5.74, 6) is -5.44. The standard InChI is InChI=1S/C48H90O14/c1-3-5-7-9-11-13-15-17-19-21-23-25-27-29-31-35-41(51)59-60-43(53)37-33-34-39(44(54)46(56)47(57)45(55)40(50)38-49)48(58)62-61-42(52)36-32-30-28-26-24-22-20-18-16-14-12-10-8-6-4-2/h39-40,44-47,49-50,54-57H,3-38H2,1-2H3/t39?,40-,44?,45+,46+,47-/m0/s1. The number of rotatable bonds is 43. The lowest BCUT2D eigenvalue weighted by Gasteiger charge is -2.31. The Bertz CT molecular complexity index is 1070. The molecule has 2 unspecified atom stereocenters. The smallest absolute Gasteiger partial charge is 0.361 e. The number of aliphatic hydroxyl groups excluding tert-OH is 6. The first-order chi connectivity index (χ1) is 30.0. The first-order valence-electron chi connectivity index (χ1n) is 24.8. The van der Waals surface area contributed by atoms with Crippen LogP contribution in [-0.4, -0.2) is 91.6 Å². The maximum absolute atomic E-state index is 13.0. The van der Waals surface area contributed by atoms with E-state index in [4.69, 9.17) is 5.11 Å². The van der Waals surface area contributed by atoms with Crippen LogP contribution in [0.1, 0.15) is 239 Å². The second kappa shape index (κ2) is 42.6. The summed E-state index contributed by atoms with van der Waals surface area (Å²) in [4.78, 5) is 68.3. The highest BCUT2D eigenvalue weighted by molar-refractivity contribution is 5.75. The Hall–Kier alpha value is -2.36. The van der Waals surface area contributed by atoms with E-state index in [0.717, 1.165) is 44.9 Å². The maximum Gasteiger partial charge on any atom is 0.361 e. The Morgan fingerprint density at radius 1 is 0.355 bits per heavy atom. The highest BCUT2D eigenvalue weighted by Crippen LogP contribution is 2.23. The van der Waals surface area contributed by atoms with Crippen LogP contribution < -0.4 is 0 Å². The van der Waals surface area contributed by atoms with Crippen molar-refractivity contribution in [2.75, 3.05) is 6.61 Å². The fourth-order valence-corrected chi connectivity index (χ4v) is 7.52. The highest BCUT2D eigenvalue weighted by Gasteiger charge is 2.41. The van der Waals surface area contributed by atoms with Crippen LogP contribution in [0.4, 0.5) is 0 Å². The summed E-state index contributed by atoms with van der Waals surface area (Å²) in [6.45, 7) is 3.50. The van der Waals surface area contributed by atoms with Crippen molar-refractivity contribution >= 4 is 23.9 Å². The lowest BCUT2D eigenvalue weighted by atomic mass is 9.88. The van der Waals surface area contributed by atoms with Crippen molar-refractivity contribution < 1.29 is 69.4 Å². The molecule has 0 aliphatic carbocycles. The van der Waals surface area contributed by atoms with Crippen LogP contribution in [0.5, 0.6) is 0 Å². The van der Waals surface area contributed by atoms with E-state index in [-0.39, 0.29) is 32.1 Å². The fourth-order valence-electron chi connectivity index (χ4n) is 7.52. The van der Waals surface area contributed by atoms with E-state index in [1.54, 1.807) is 0 Å². The van der Waals surface area contributed by atoms with Gasteiger partial charge < -0.3 is 30.6 Å². The minimum Gasteiger partial charge on any atom is -0.394 e. The van der Waals surface area contributed by atoms with E-state index in [9.17, 15) is 44.7 Å². The third-order valence-corrected chi connectivity index (χ3v) is 11.7. The largest absolute Gasteiger partial charge is 0.394 e. The molecule has 0 amide bonds. The summed E-state index contributed by atoms with van der Waals surface area (Å²) in [7, 11) is 0. The molecule has 366 valence electrons. The molecule has 0 saturated carbocycles. The van der Waals surface area contributed by atoms with Gasteiger partial charge in [0, 0.05) is 0 Å². The van der Waals surface area contributed by atoms with Crippen molar-refractivity contribution in [2.24, 2.45) is 5.92 Å². The van der Waals surface area contributed by atoms with Gasteiger partial charge in [0.15, 0.2) is 0 Å². The molecule has 0 rings (SSSR count). The lowest BCUT2D eigenvalue weighted by Crippen LogP contribution is -2.52. The molecule has 0 radical (unpaired) electrons. The molecule has 0 saturated heterocycles. The summed E-state index contributed by atoms with van der Waals surface area (Å²) in [5.41, 5.74) is 0. The molecule has 0 fully saturated rings. The van der Waals surface area contributed by atoms with Crippen molar-refractivity contribution in [3.63, 3.8) is 0 Å². The predicted molar refractivity (Wildman–Crippen MR) is 238 cm³/mol. The molecule has 0 spiro atoms. The number of carbonyl (C=O) groups excluding carboxylic acids is 4. The van der Waals surface area contributed by atoms with Crippen molar-refractivity contribution in [1.82, 2.24) is 0 Å². The van der Waals surface area contributed by atoms with Gasteiger partial charge in [0.05, 0.1) is 37.9 Å². The van der Waals surface area contributed by atoms with Crippen molar-refractivity contribution in [1.29, 1.82) is 0 Å². The number of aliphatic hydroxyl groups is 6. The maximum atomic E-state index is 13.0. The van der Waals surface area contributed by atoms with Crippen LogP contribution in [0, 0.1) is 5.92 Å². The van der Waals surface area contributed by atoms with Gasteiger partial charge >= 0.3 is 23.9 Å². The Balaban J connectivity index is 4.51. The molecule has 0 aromatic rings. The average molecular weight is 891 g/mol. The average Bonchev–Trinajstić information content (AvgIpc) is 3.27. The molecule has 0 bridgehead atoms. The van der Waals surface area contributed by atoms with E-state index >= 15 is 0 Å². The minimum absolute atomic E-state index is 0.0185. The van der Waals surface area contributed by atoms with E-state index in [1.807, 2.05) is 0 Å². The van der Waals surface area contributed by atoms with Gasteiger partial charge in [-0.15, -0.1) is 0 Å². The highest BCUT2D eigenvalue weighted by atomic mass is 17.2. The molecule has 0 heterocycles. The van der Waals surface area contributed by atoms with E-state index in [1.165, 1.54) is 135 Å². The van der Waals surface area contributed by atoms with Crippen LogP contribution in [0.2, 0.25) is 0 Å². The predicted octanol–water partition coefficient (Wildman–Crippen LogP) is 9.10. The van der Waals surface area contributed by atoms with Gasteiger partial charge in [-0.05, 0) is 25.7 Å². The van der Waals surface area contributed by atoms with Crippen LogP contribution in [0.25, 0.3) is 0 Å². The van der Waals surface area contributed by atoms with Crippen molar-refractivity contribution in [2.45, 2.75) is 269 Å². The van der Waals surface area contributed by atoms with Crippen LogP contribution in [0.15, 0.2) is 0 Å². The van der Waals surface area contributed by atoms with Crippen LogP contribution >= 0.6 is 0 Å². The second-order valence-corrected chi connectivity index (χ2v) is 17.4. The fraction of sp³-hybridized carbons (Fsp3) is 0.917. The second-order valence-electron chi connectivity index (χ2n) is 17.4. The molecule has 6 atom stereocenters. The monoisotopic (exact) mass is 891 g/mol. The summed E-state index contributed by atoms with van der Waals surface area (Å²) < 4.78 is 0. The van der Waals surface area contributed by atoms with Gasteiger partial charge in [-0.2, -0.15) is 0 Å². The van der Waals surface area contributed by atoms with Crippen molar-refractivity contribution in [3.05, 3.63) is 0 Å². The minimum atomic E-state index is -2.23. The SMILES string of the molecule is CCCCCCCCCCCCCCCCCC(=O)OOC(=O)CCCC(C(=O)OOC(=O)CCCCCCCCCCCCCCCCC)C(O)[C@@H](O)[C@@H](O)[C@H](O)[C@@H](O)CO. The Morgan fingerprint density at radius 2 is 0.629 bits per heavy atom. The van der Waals surface area contributed by atoms with Crippen LogP contribution in [0.3, 0.4) is 0 Å². The van der Waals surface area contributed by atoms with E-state index in [2.05, 4.69) is 33.4 Å². The first-order valence-corrected chi connectivity index (χ1v) is 24.8. The Labute approximate surface area is 374 Å². The van der Waals surface area contributed by atoms with Gasteiger partial charge in [-0.1, -0.05) is 194 Å². The zero-order chi connectivity index (χ0) is 46.1. The molecule has 0 aromatic carbocycles. The zero-order valence-corrected chi connectivity index (χ0v) is 38.9. The molecular weight excluding hydrogens is 801 g/mol. The molecule has 14 nitrogen and oxygen atoms in total. The summed E-state index contributed by atoms with van der Waals surface area (Å²) >= 11 is 0. The van der Waals surface area contributed by atoms with Crippen molar-refractivity contribution in [3.8, 4) is 0 Å². The van der Waals surface area contributed by atoms with Crippen LogP contribution in [-0.2, 0) is 38.7 Å². The number of hydrogen-bond donors (Lipinski definition) is 6. The summed E-state index contributed by atoms with van der Waals surface area (Å²) in [6.07, 6.45) is 23.9.